The molecule has 8 heteroatoms. The lowest BCUT2D eigenvalue weighted by atomic mass is 9.79. The second kappa shape index (κ2) is 13.1. The Morgan fingerprint density at radius 1 is 0.818 bits per heavy atom. The van der Waals surface area contributed by atoms with Crippen molar-refractivity contribution in [2.45, 2.75) is 122 Å². The minimum Gasteiger partial charge on any atom is -0.462 e. The number of hydrogen-bond donors (Lipinski definition) is 1. The average molecular weight is 489 g/mol. The van der Waals surface area contributed by atoms with Crippen LogP contribution in [0.1, 0.15) is 105 Å². The minimum absolute atomic E-state index is 0.188. The van der Waals surface area contributed by atoms with Crippen molar-refractivity contribution >= 4 is 22.1 Å². The van der Waals surface area contributed by atoms with Crippen molar-refractivity contribution in [1.29, 1.82) is 0 Å². The molecule has 33 heavy (non-hydrogen) atoms. The summed E-state index contributed by atoms with van der Waals surface area (Å²) < 4.78 is 45.3. The number of carbonyl (C=O) groups excluding carboxylic acids is 2. The van der Waals surface area contributed by atoms with Crippen molar-refractivity contribution in [3.05, 3.63) is 0 Å². The summed E-state index contributed by atoms with van der Waals surface area (Å²) in [5.74, 6) is -3.41. The Hall–Kier alpha value is -1.15. The average Bonchev–Trinajstić information content (AvgIpc) is 3.36. The maximum atomic E-state index is 13.3. The first-order valence-corrected chi connectivity index (χ1v) is 14.5. The van der Waals surface area contributed by atoms with Gasteiger partial charge < -0.3 is 9.47 Å². The summed E-state index contributed by atoms with van der Waals surface area (Å²) >= 11 is 0. The molecule has 2 aliphatic rings. The Bertz CT molecular complexity index is 735. The second-order valence-corrected chi connectivity index (χ2v) is 11.6. The van der Waals surface area contributed by atoms with Crippen molar-refractivity contribution in [2.24, 2.45) is 23.7 Å². The lowest BCUT2D eigenvalue weighted by Gasteiger charge is -2.33. The Morgan fingerprint density at radius 2 is 1.30 bits per heavy atom. The van der Waals surface area contributed by atoms with E-state index in [1.165, 1.54) is 0 Å². The van der Waals surface area contributed by atoms with Crippen LogP contribution < -0.4 is 0 Å². The van der Waals surface area contributed by atoms with E-state index in [-0.39, 0.29) is 24.5 Å². The van der Waals surface area contributed by atoms with Gasteiger partial charge in [0.2, 0.25) is 0 Å². The molecule has 0 spiro atoms. The SMILES string of the molecule is CCCCC[C@H](CC)OC(=O)[C@H]1[C@H]2C[C@@H]([C@@H]1C(=O)O[C@@H](CC)CCCCC)[C@H](S(=O)(=O)O)C2. The molecule has 0 radical (unpaired) electrons. The van der Waals surface area contributed by atoms with E-state index in [9.17, 15) is 22.6 Å². The highest BCUT2D eigenvalue weighted by molar-refractivity contribution is 7.86. The first kappa shape index (κ1) is 28.1. The largest absolute Gasteiger partial charge is 0.462 e. The van der Waals surface area contributed by atoms with Gasteiger partial charge in [0.25, 0.3) is 10.1 Å². The molecule has 0 unspecified atom stereocenters. The third-order valence-corrected chi connectivity index (χ3v) is 8.91. The molecule has 0 aliphatic heterocycles. The van der Waals surface area contributed by atoms with Gasteiger partial charge in [-0.1, -0.05) is 53.4 Å². The van der Waals surface area contributed by atoms with E-state index in [1.807, 2.05) is 13.8 Å². The summed E-state index contributed by atoms with van der Waals surface area (Å²) in [7, 11) is -4.30. The third-order valence-electron chi connectivity index (χ3n) is 7.61. The number of ether oxygens (including phenoxy) is 2. The predicted molar refractivity (Wildman–Crippen MR) is 127 cm³/mol. The van der Waals surface area contributed by atoms with Crippen LogP contribution in [0.2, 0.25) is 0 Å². The molecule has 192 valence electrons. The van der Waals surface area contributed by atoms with Gasteiger partial charge in [-0.05, 0) is 63.2 Å². The molecule has 2 fully saturated rings. The summed E-state index contributed by atoms with van der Waals surface area (Å²) in [6, 6.07) is 0. The molecule has 0 aromatic rings. The normalized spacial score (nSPS) is 28.5. The van der Waals surface area contributed by atoms with E-state index in [2.05, 4.69) is 13.8 Å². The highest BCUT2D eigenvalue weighted by Crippen LogP contribution is 2.55. The summed E-state index contributed by atoms with van der Waals surface area (Å²) in [6.07, 6.45) is 9.28. The number of hydrogen-bond acceptors (Lipinski definition) is 6. The van der Waals surface area contributed by atoms with Crippen LogP contribution in [-0.4, -0.2) is 42.4 Å². The highest BCUT2D eigenvalue weighted by atomic mass is 32.2. The van der Waals surface area contributed by atoms with Gasteiger partial charge in [0.15, 0.2) is 0 Å². The molecular formula is C25H44O7S. The van der Waals surface area contributed by atoms with Crippen LogP contribution in [0.15, 0.2) is 0 Å². The molecule has 2 rings (SSSR count). The second-order valence-electron chi connectivity index (χ2n) is 9.93. The Kier molecular flexibility index (Phi) is 11.1. The number of unbranched alkanes of at least 4 members (excludes halogenated alkanes) is 4. The molecule has 2 saturated carbocycles. The van der Waals surface area contributed by atoms with E-state index in [0.717, 1.165) is 51.4 Å². The van der Waals surface area contributed by atoms with Gasteiger partial charge in [-0.25, -0.2) is 0 Å². The van der Waals surface area contributed by atoms with Crippen molar-refractivity contribution < 1.29 is 32.0 Å². The number of fused-ring (bicyclic) bond motifs is 2. The molecular weight excluding hydrogens is 444 g/mol. The van der Waals surface area contributed by atoms with E-state index in [0.29, 0.717) is 19.3 Å². The van der Waals surface area contributed by atoms with E-state index in [1.54, 1.807) is 0 Å². The van der Waals surface area contributed by atoms with Gasteiger partial charge >= 0.3 is 11.9 Å². The standard InChI is InChI=1S/C25H44O7S/c1-5-9-11-13-18(7-3)31-24(26)22-17-15-20(21(16-17)33(28,29)30)23(22)25(27)32-19(8-4)14-12-10-6-2/h17-23H,5-16H2,1-4H3,(H,28,29,30)/t17-,18-,19-,20+,21+,22-,23-/m0/s1. The zero-order valence-corrected chi connectivity index (χ0v) is 21.6. The number of rotatable bonds is 15. The number of esters is 2. The molecule has 0 aromatic carbocycles. The van der Waals surface area contributed by atoms with Crippen LogP contribution >= 0.6 is 0 Å². The lowest BCUT2D eigenvalue weighted by Crippen LogP contribution is -2.45. The molecule has 0 saturated heterocycles. The van der Waals surface area contributed by atoms with Crippen LogP contribution in [0.25, 0.3) is 0 Å². The fraction of sp³-hybridized carbons (Fsp3) is 0.920. The van der Waals surface area contributed by atoms with Crippen molar-refractivity contribution in [1.82, 2.24) is 0 Å². The van der Waals surface area contributed by atoms with Crippen LogP contribution in [0.3, 0.4) is 0 Å². The Labute approximate surface area is 200 Å². The fourth-order valence-corrected chi connectivity index (χ4v) is 6.94. The zero-order chi connectivity index (χ0) is 24.6. The molecule has 0 heterocycles. The molecule has 7 atom stereocenters. The van der Waals surface area contributed by atoms with Crippen LogP contribution in [-0.2, 0) is 29.2 Å². The highest BCUT2D eigenvalue weighted by Gasteiger charge is 2.62. The first-order valence-electron chi connectivity index (χ1n) is 13.0. The summed E-state index contributed by atoms with van der Waals surface area (Å²) in [5, 5.41) is -1.02. The van der Waals surface area contributed by atoms with Crippen molar-refractivity contribution in [2.75, 3.05) is 0 Å². The van der Waals surface area contributed by atoms with Gasteiger partial charge in [0.1, 0.15) is 12.2 Å². The molecule has 0 aromatic heterocycles. The third kappa shape index (κ3) is 7.41. The Morgan fingerprint density at radius 3 is 1.73 bits per heavy atom. The Balaban J connectivity index is 2.17. The van der Waals surface area contributed by atoms with Crippen LogP contribution in [0, 0.1) is 23.7 Å². The van der Waals surface area contributed by atoms with Gasteiger partial charge in [-0.15, -0.1) is 0 Å². The van der Waals surface area contributed by atoms with Gasteiger partial charge in [-0.3, -0.25) is 14.1 Å². The van der Waals surface area contributed by atoms with Crippen LogP contribution in [0.4, 0.5) is 0 Å². The molecule has 7 nitrogen and oxygen atoms in total. The van der Waals surface area contributed by atoms with Crippen molar-refractivity contribution in [3.8, 4) is 0 Å². The summed E-state index contributed by atoms with van der Waals surface area (Å²) in [6.45, 7) is 8.17. The zero-order valence-electron chi connectivity index (χ0n) is 20.8. The first-order chi connectivity index (χ1) is 15.7. The minimum atomic E-state index is -4.30. The summed E-state index contributed by atoms with van der Waals surface area (Å²) in [5.41, 5.74) is 0. The van der Waals surface area contributed by atoms with Gasteiger partial charge in [0, 0.05) is 0 Å². The van der Waals surface area contributed by atoms with E-state index < -0.39 is 45.1 Å². The predicted octanol–water partition coefficient (Wildman–Crippen LogP) is 5.32. The quantitative estimate of drug-likeness (QED) is 0.189. The maximum absolute atomic E-state index is 13.3. The van der Waals surface area contributed by atoms with Gasteiger partial charge in [-0.2, -0.15) is 8.42 Å². The lowest BCUT2D eigenvalue weighted by molar-refractivity contribution is -0.170. The van der Waals surface area contributed by atoms with Crippen LogP contribution in [0.5, 0.6) is 0 Å². The smallest absolute Gasteiger partial charge is 0.310 e. The van der Waals surface area contributed by atoms with Gasteiger partial charge in [0.05, 0.1) is 17.1 Å². The molecule has 2 bridgehead atoms. The monoisotopic (exact) mass is 488 g/mol. The van der Waals surface area contributed by atoms with Crippen molar-refractivity contribution in [3.63, 3.8) is 0 Å². The summed E-state index contributed by atoms with van der Waals surface area (Å²) in [4.78, 5) is 26.5. The number of carbonyl (C=O) groups is 2. The molecule has 1 N–H and O–H groups in total. The van der Waals surface area contributed by atoms with E-state index >= 15 is 0 Å². The maximum Gasteiger partial charge on any atom is 0.310 e. The molecule has 2 aliphatic carbocycles. The molecule has 0 amide bonds. The fourth-order valence-electron chi connectivity index (χ4n) is 5.73. The topological polar surface area (TPSA) is 107 Å². The van der Waals surface area contributed by atoms with E-state index in [4.69, 9.17) is 9.47 Å².